The zero-order valence-electron chi connectivity index (χ0n) is 3.70. The minimum atomic E-state index is -2.76. The maximum atomic E-state index is 11.0. The van der Waals surface area contributed by atoms with E-state index in [2.05, 4.69) is 4.74 Å². The van der Waals surface area contributed by atoms with Gasteiger partial charge >= 0.3 is 6.61 Å². The average Bonchev–Trinajstić information content (AvgIpc) is 1.27. The van der Waals surface area contributed by atoms with E-state index in [1.54, 1.807) is 0 Å². The van der Waals surface area contributed by atoms with Crippen molar-refractivity contribution in [2.45, 2.75) is 19.1 Å². The first-order chi connectivity index (χ1) is 3.13. The fourth-order valence-corrected chi connectivity index (χ4v) is 0.220. The van der Waals surface area contributed by atoms with Crippen molar-refractivity contribution >= 4 is 11.6 Å². The van der Waals surface area contributed by atoms with Gasteiger partial charge in [0.15, 0.2) is 0 Å². The molecular weight excluding hydrogens is 125 g/mol. The molecule has 0 aliphatic carbocycles. The molecule has 0 heterocycles. The van der Waals surface area contributed by atoms with Gasteiger partial charge < -0.3 is 4.74 Å². The first-order valence-corrected chi connectivity index (χ1v) is 2.14. The van der Waals surface area contributed by atoms with E-state index in [9.17, 15) is 8.78 Å². The summed E-state index contributed by atoms with van der Waals surface area (Å²) >= 11 is 4.97. The van der Waals surface area contributed by atoms with Crippen LogP contribution in [-0.4, -0.2) is 12.2 Å². The molecule has 0 aromatic heterocycles. The Morgan fingerprint density at radius 2 is 2.00 bits per heavy atom. The Kier molecular flexibility index (Phi) is 3.21. The summed E-state index contributed by atoms with van der Waals surface area (Å²) in [7, 11) is 0. The molecule has 0 saturated heterocycles. The summed E-state index contributed by atoms with van der Waals surface area (Å²) in [4.78, 5) is 0. The van der Waals surface area contributed by atoms with Crippen LogP contribution in [0.3, 0.4) is 0 Å². The van der Waals surface area contributed by atoms with Crippen LogP contribution in [0.15, 0.2) is 0 Å². The number of rotatable bonds is 2. The normalized spacial score (nSPS) is 15.0. The van der Waals surface area contributed by atoms with Gasteiger partial charge in [0, 0.05) is 0 Å². The molecule has 1 nitrogen and oxygen atoms in total. The van der Waals surface area contributed by atoms with E-state index in [-0.39, 0.29) is 0 Å². The Morgan fingerprint density at radius 3 is 2.00 bits per heavy atom. The molecule has 1 unspecified atom stereocenters. The van der Waals surface area contributed by atoms with E-state index in [0.717, 1.165) is 0 Å². The van der Waals surface area contributed by atoms with Crippen LogP contribution in [-0.2, 0) is 4.74 Å². The van der Waals surface area contributed by atoms with Crippen molar-refractivity contribution in [1.29, 1.82) is 0 Å². The van der Waals surface area contributed by atoms with Crippen molar-refractivity contribution in [2.24, 2.45) is 0 Å². The van der Waals surface area contributed by atoms with E-state index in [1.165, 1.54) is 6.92 Å². The van der Waals surface area contributed by atoms with Gasteiger partial charge in [0.2, 0.25) is 0 Å². The van der Waals surface area contributed by atoms with Crippen molar-refractivity contribution in [2.75, 3.05) is 0 Å². The van der Waals surface area contributed by atoms with Gasteiger partial charge in [-0.05, 0) is 6.92 Å². The monoisotopic (exact) mass is 130 g/mol. The van der Waals surface area contributed by atoms with Gasteiger partial charge in [-0.3, -0.25) is 0 Å². The lowest BCUT2D eigenvalue weighted by Crippen LogP contribution is -2.04. The van der Waals surface area contributed by atoms with E-state index < -0.39 is 12.2 Å². The molecule has 0 spiro atoms. The largest absolute Gasteiger partial charge is 0.346 e. The third-order valence-corrected chi connectivity index (χ3v) is 0.393. The minimum absolute atomic E-state index is 0.903. The maximum absolute atomic E-state index is 11.0. The van der Waals surface area contributed by atoms with Gasteiger partial charge in [-0.15, -0.1) is 0 Å². The Morgan fingerprint density at radius 1 is 1.57 bits per heavy atom. The minimum Gasteiger partial charge on any atom is -0.304 e. The highest BCUT2D eigenvalue weighted by atomic mass is 35.5. The Bertz CT molecular complexity index is 42.2. The van der Waals surface area contributed by atoms with Crippen molar-refractivity contribution in [1.82, 2.24) is 0 Å². The molecular formula is C3H5ClF2O. The molecule has 0 aliphatic rings. The van der Waals surface area contributed by atoms with Crippen LogP contribution >= 0.6 is 11.6 Å². The molecule has 4 heteroatoms. The van der Waals surface area contributed by atoms with Crippen LogP contribution in [0.4, 0.5) is 8.78 Å². The summed E-state index contributed by atoms with van der Waals surface area (Å²) in [6.07, 6.45) is 0. The molecule has 0 amide bonds. The second kappa shape index (κ2) is 3.16. The van der Waals surface area contributed by atoms with Gasteiger partial charge in [0.1, 0.15) is 5.56 Å². The van der Waals surface area contributed by atoms with Crippen molar-refractivity contribution < 1.29 is 13.5 Å². The van der Waals surface area contributed by atoms with Gasteiger partial charge in [-0.25, -0.2) is 0 Å². The molecule has 0 saturated carbocycles. The molecule has 0 aliphatic heterocycles. The SMILES string of the molecule is CC(Cl)OC(F)F. The van der Waals surface area contributed by atoms with Gasteiger partial charge in [-0.2, -0.15) is 8.78 Å². The van der Waals surface area contributed by atoms with Crippen molar-refractivity contribution in [3.05, 3.63) is 0 Å². The summed E-state index contributed by atoms with van der Waals surface area (Å²) in [5.74, 6) is 0. The average molecular weight is 131 g/mol. The van der Waals surface area contributed by atoms with E-state index >= 15 is 0 Å². The molecule has 7 heavy (non-hydrogen) atoms. The van der Waals surface area contributed by atoms with Crippen molar-refractivity contribution in [3.8, 4) is 0 Å². The number of ether oxygens (including phenoxy) is 1. The summed E-state index contributed by atoms with van der Waals surface area (Å²) in [5, 5.41) is 0. The quantitative estimate of drug-likeness (QED) is 0.518. The highest BCUT2D eigenvalue weighted by Gasteiger charge is 2.04. The predicted molar refractivity (Wildman–Crippen MR) is 22.4 cm³/mol. The van der Waals surface area contributed by atoms with Crippen LogP contribution in [0.2, 0.25) is 0 Å². The van der Waals surface area contributed by atoms with Gasteiger partial charge in [-0.1, -0.05) is 11.6 Å². The smallest absolute Gasteiger partial charge is 0.304 e. The van der Waals surface area contributed by atoms with Crippen LogP contribution in [0.5, 0.6) is 0 Å². The fraction of sp³-hybridized carbons (Fsp3) is 1.00. The molecule has 0 N–H and O–H groups in total. The van der Waals surface area contributed by atoms with Crippen LogP contribution in [0, 0.1) is 0 Å². The molecule has 1 atom stereocenters. The van der Waals surface area contributed by atoms with E-state index in [4.69, 9.17) is 11.6 Å². The second-order valence-corrected chi connectivity index (χ2v) is 1.55. The maximum Gasteiger partial charge on any atom is 0.346 e. The lowest BCUT2D eigenvalue weighted by molar-refractivity contribution is -0.136. The second-order valence-electron chi connectivity index (χ2n) is 0.940. The number of hydrogen-bond donors (Lipinski definition) is 0. The summed E-state index contributed by atoms with van der Waals surface area (Å²) in [5.41, 5.74) is -0.903. The zero-order chi connectivity index (χ0) is 5.86. The Hall–Kier alpha value is 0.110. The summed E-state index contributed by atoms with van der Waals surface area (Å²) in [6, 6.07) is 0. The predicted octanol–water partition coefficient (Wildman–Crippen LogP) is 1.81. The van der Waals surface area contributed by atoms with Crippen LogP contribution in [0.1, 0.15) is 6.92 Å². The highest BCUT2D eigenvalue weighted by molar-refractivity contribution is 6.19. The molecule has 0 rings (SSSR count). The first kappa shape index (κ1) is 7.11. The Balaban J connectivity index is 2.95. The number of alkyl halides is 3. The van der Waals surface area contributed by atoms with Crippen LogP contribution < -0.4 is 0 Å². The third kappa shape index (κ3) is 6.11. The topological polar surface area (TPSA) is 9.23 Å². The van der Waals surface area contributed by atoms with Gasteiger partial charge in [0.25, 0.3) is 0 Å². The third-order valence-electron chi connectivity index (χ3n) is 0.290. The van der Waals surface area contributed by atoms with Gasteiger partial charge in [0.05, 0.1) is 0 Å². The Labute approximate surface area is 45.2 Å². The molecule has 0 radical (unpaired) electrons. The molecule has 0 fully saturated rings. The molecule has 0 aromatic carbocycles. The molecule has 0 aromatic rings. The first-order valence-electron chi connectivity index (χ1n) is 1.70. The lowest BCUT2D eigenvalue weighted by Gasteiger charge is -2.00. The zero-order valence-corrected chi connectivity index (χ0v) is 4.45. The lowest BCUT2D eigenvalue weighted by atomic mass is 10.9. The van der Waals surface area contributed by atoms with Crippen LogP contribution in [0.25, 0.3) is 0 Å². The number of halogens is 3. The van der Waals surface area contributed by atoms with Crippen molar-refractivity contribution in [3.63, 3.8) is 0 Å². The number of hydrogen-bond acceptors (Lipinski definition) is 1. The highest BCUT2D eigenvalue weighted by Crippen LogP contribution is 2.02. The standard InChI is InChI=1S/C3H5ClF2O/c1-2(4)7-3(5)6/h2-3H,1H3. The summed E-state index contributed by atoms with van der Waals surface area (Å²) < 4.78 is 25.6. The van der Waals surface area contributed by atoms with E-state index in [0.29, 0.717) is 0 Å². The van der Waals surface area contributed by atoms with E-state index in [1.807, 2.05) is 0 Å². The fourth-order valence-electron chi connectivity index (χ4n) is 0.142. The molecule has 44 valence electrons. The summed E-state index contributed by atoms with van der Waals surface area (Å²) in [6.45, 7) is -1.43. The molecule has 0 bridgehead atoms.